The molecule has 1 aromatic carbocycles. The molecule has 3 rings (SSSR count). The van der Waals surface area contributed by atoms with Crippen LogP contribution < -0.4 is 15.0 Å². The standard InChI is InChI=1S/C20H18F3N3O3S/c1-3-30-19-25-16(13-4-9-17(28-2)24-11-13)10-18(27)26(19)14-5-7-15(8-6-14)29-12-20(21,22)23/h4-11H,3,12H2,1-2H3. The van der Waals surface area contributed by atoms with Crippen molar-refractivity contribution in [3.63, 3.8) is 0 Å². The van der Waals surface area contributed by atoms with Crippen LogP contribution in [0.4, 0.5) is 13.2 Å². The van der Waals surface area contributed by atoms with Crippen molar-refractivity contribution in [3.8, 4) is 28.6 Å². The Balaban J connectivity index is 1.95. The maximum atomic E-state index is 12.9. The van der Waals surface area contributed by atoms with Gasteiger partial charge in [-0.1, -0.05) is 18.7 Å². The van der Waals surface area contributed by atoms with E-state index in [2.05, 4.69) is 9.97 Å². The summed E-state index contributed by atoms with van der Waals surface area (Å²) in [5, 5.41) is 0.458. The Kier molecular flexibility index (Phi) is 6.66. The predicted octanol–water partition coefficient (Wildman–Crippen LogP) is 4.36. The van der Waals surface area contributed by atoms with Crippen LogP contribution >= 0.6 is 11.8 Å². The molecule has 0 N–H and O–H groups in total. The highest BCUT2D eigenvalue weighted by atomic mass is 32.2. The minimum absolute atomic E-state index is 0.0581. The van der Waals surface area contributed by atoms with E-state index in [4.69, 9.17) is 9.47 Å². The van der Waals surface area contributed by atoms with Gasteiger partial charge in [0, 0.05) is 23.9 Å². The van der Waals surface area contributed by atoms with Gasteiger partial charge in [-0.3, -0.25) is 9.36 Å². The molecule has 0 fully saturated rings. The maximum Gasteiger partial charge on any atom is 0.422 e. The number of pyridine rings is 1. The van der Waals surface area contributed by atoms with Gasteiger partial charge in [0.2, 0.25) is 5.88 Å². The number of rotatable bonds is 7. The maximum absolute atomic E-state index is 12.9. The Hall–Kier alpha value is -3.01. The van der Waals surface area contributed by atoms with Crippen molar-refractivity contribution in [2.24, 2.45) is 0 Å². The summed E-state index contributed by atoms with van der Waals surface area (Å²) in [5.74, 6) is 1.18. The molecule has 0 unspecified atom stereocenters. The van der Waals surface area contributed by atoms with E-state index in [1.54, 1.807) is 18.3 Å². The van der Waals surface area contributed by atoms with E-state index in [0.29, 0.717) is 33.7 Å². The lowest BCUT2D eigenvalue weighted by Gasteiger charge is -2.14. The van der Waals surface area contributed by atoms with Crippen molar-refractivity contribution < 1.29 is 22.6 Å². The van der Waals surface area contributed by atoms with E-state index in [0.717, 1.165) is 0 Å². The van der Waals surface area contributed by atoms with Crippen LogP contribution in [0, 0.1) is 0 Å². The van der Waals surface area contributed by atoms with E-state index in [1.807, 2.05) is 6.92 Å². The number of alkyl halides is 3. The van der Waals surface area contributed by atoms with Gasteiger partial charge in [-0.2, -0.15) is 13.2 Å². The van der Waals surface area contributed by atoms with Crippen LogP contribution in [0.3, 0.4) is 0 Å². The van der Waals surface area contributed by atoms with Crippen LogP contribution in [0.5, 0.6) is 11.6 Å². The lowest BCUT2D eigenvalue weighted by molar-refractivity contribution is -0.153. The summed E-state index contributed by atoms with van der Waals surface area (Å²) in [5.41, 5.74) is 1.28. The molecule has 3 aromatic rings. The van der Waals surface area contributed by atoms with E-state index in [9.17, 15) is 18.0 Å². The van der Waals surface area contributed by atoms with Crippen LogP contribution in [-0.2, 0) is 0 Å². The van der Waals surface area contributed by atoms with Gasteiger partial charge in [0.05, 0.1) is 18.5 Å². The fourth-order valence-electron chi connectivity index (χ4n) is 2.58. The summed E-state index contributed by atoms with van der Waals surface area (Å²) in [4.78, 5) is 21.6. The van der Waals surface area contributed by atoms with Gasteiger partial charge in [0.25, 0.3) is 5.56 Å². The number of benzene rings is 1. The molecule has 0 aliphatic heterocycles. The molecule has 0 amide bonds. The molecule has 0 aliphatic rings. The molecule has 0 spiro atoms. The average Bonchev–Trinajstić information content (AvgIpc) is 2.72. The Morgan fingerprint density at radius 1 is 1.13 bits per heavy atom. The van der Waals surface area contributed by atoms with Crippen LogP contribution in [-0.4, -0.2) is 40.2 Å². The van der Waals surface area contributed by atoms with Crippen molar-refractivity contribution in [1.82, 2.24) is 14.5 Å². The van der Waals surface area contributed by atoms with Crippen molar-refractivity contribution in [3.05, 3.63) is 59.0 Å². The van der Waals surface area contributed by atoms with Crippen molar-refractivity contribution in [1.29, 1.82) is 0 Å². The number of hydrogen-bond donors (Lipinski definition) is 0. The van der Waals surface area contributed by atoms with E-state index in [-0.39, 0.29) is 11.3 Å². The largest absolute Gasteiger partial charge is 0.484 e. The molecule has 10 heteroatoms. The summed E-state index contributed by atoms with van der Waals surface area (Å²) in [7, 11) is 1.51. The molecule has 158 valence electrons. The molecular weight excluding hydrogens is 419 g/mol. The fraction of sp³-hybridized carbons (Fsp3) is 0.250. The smallest absolute Gasteiger partial charge is 0.422 e. The first-order valence-electron chi connectivity index (χ1n) is 8.88. The van der Waals surface area contributed by atoms with Crippen LogP contribution in [0.25, 0.3) is 16.9 Å². The molecule has 2 aromatic heterocycles. The molecule has 0 saturated heterocycles. The quantitative estimate of drug-likeness (QED) is 0.404. The summed E-state index contributed by atoms with van der Waals surface area (Å²) in [6.45, 7) is 0.548. The van der Waals surface area contributed by atoms with Crippen LogP contribution in [0.2, 0.25) is 0 Å². The molecule has 0 aliphatic carbocycles. The third kappa shape index (κ3) is 5.32. The predicted molar refractivity (Wildman–Crippen MR) is 108 cm³/mol. The highest BCUT2D eigenvalue weighted by molar-refractivity contribution is 7.99. The van der Waals surface area contributed by atoms with Gasteiger partial charge in [-0.25, -0.2) is 9.97 Å². The molecule has 0 bridgehead atoms. The lowest BCUT2D eigenvalue weighted by Crippen LogP contribution is -2.21. The van der Waals surface area contributed by atoms with Gasteiger partial charge >= 0.3 is 6.18 Å². The molecular formula is C20H18F3N3O3S. The second kappa shape index (κ2) is 9.21. The number of thioether (sulfide) groups is 1. The monoisotopic (exact) mass is 437 g/mol. The number of nitrogens with zero attached hydrogens (tertiary/aromatic N) is 3. The zero-order chi connectivity index (χ0) is 21.7. The Morgan fingerprint density at radius 2 is 1.87 bits per heavy atom. The first kappa shape index (κ1) is 21.7. The Labute approximate surface area is 174 Å². The van der Waals surface area contributed by atoms with E-state index in [1.165, 1.54) is 53.8 Å². The van der Waals surface area contributed by atoms with Crippen molar-refractivity contribution in [2.75, 3.05) is 19.5 Å². The molecule has 2 heterocycles. The van der Waals surface area contributed by atoms with E-state index < -0.39 is 12.8 Å². The topological polar surface area (TPSA) is 66.2 Å². The number of methoxy groups -OCH3 is 1. The first-order valence-corrected chi connectivity index (χ1v) is 9.86. The minimum atomic E-state index is -4.42. The number of hydrogen-bond acceptors (Lipinski definition) is 6. The first-order chi connectivity index (χ1) is 14.3. The van der Waals surface area contributed by atoms with Gasteiger partial charge in [-0.15, -0.1) is 0 Å². The van der Waals surface area contributed by atoms with Gasteiger partial charge < -0.3 is 9.47 Å². The van der Waals surface area contributed by atoms with Crippen LogP contribution in [0.1, 0.15) is 6.92 Å². The van der Waals surface area contributed by atoms with Crippen molar-refractivity contribution in [2.45, 2.75) is 18.3 Å². The average molecular weight is 437 g/mol. The molecule has 6 nitrogen and oxygen atoms in total. The zero-order valence-corrected chi connectivity index (χ0v) is 17.0. The lowest BCUT2D eigenvalue weighted by atomic mass is 10.2. The molecule has 0 atom stereocenters. The second-order valence-corrected chi connectivity index (χ2v) is 7.25. The fourth-order valence-corrected chi connectivity index (χ4v) is 3.33. The molecule has 0 radical (unpaired) electrons. The second-order valence-electron chi connectivity index (χ2n) is 6.02. The highest BCUT2D eigenvalue weighted by Crippen LogP contribution is 2.25. The molecule has 30 heavy (non-hydrogen) atoms. The zero-order valence-electron chi connectivity index (χ0n) is 16.1. The summed E-state index contributed by atoms with van der Waals surface area (Å²) < 4.78 is 48.1. The van der Waals surface area contributed by atoms with Gasteiger partial charge in [-0.05, 0) is 36.1 Å². The van der Waals surface area contributed by atoms with Gasteiger partial charge in [0.15, 0.2) is 11.8 Å². The highest BCUT2D eigenvalue weighted by Gasteiger charge is 2.28. The van der Waals surface area contributed by atoms with E-state index >= 15 is 0 Å². The SMILES string of the molecule is CCSc1nc(-c2ccc(OC)nc2)cc(=O)n1-c1ccc(OCC(F)(F)F)cc1. The Morgan fingerprint density at radius 3 is 2.43 bits per heavy atom. The van der Waals surface area contributed by atoms with Gasteiger partial charge in [0.1, 0.15) is 5.75 Å². The summed E-state index contributed by atoms with van der Waals surface area (Å²) >= 11 is 1.37. The number of ether oxygens (including phenoxy) is 2. The number of aromatic nitrogens is 3. The normalized spacial score (nSPS) is 11.4. The van der Waals surface area contributed by atoms with Crippen LogP contribution in [0.15, 0.2) is 58.6 Å². The minimum Gasteiger partial charge on any atom is -0.484 e. The summed E-state index contributed by atoms with van der Waals surface area (Å²) in [6.07, 6.45) is -2.85. The Bertz CT molecular complexity index is 1050. The number of halogens is 3. The summed E-state index contributed by atoms with van der Waals surface area (Å²) in [6, 6.07) is 10.6. The third-order valence-corrected chi connectivity index (χ3v) is 4.72. The molecule has 0 saturated carbocycles. The third-order valence-electron chi connectivity index (χ3n) is 3.90. The van der Waals surface area contributed by atoms with Crippen molar-refractivity contribution >= 4 is 11.8 Å².